The number of pyridine rings is 1. The highest BCUT2D eigenvalue weighted by Gasteiger charge is 2.31. The van der Waals surface area contributed by atoms with Crippen LogP contribution in [0.1, 0.15) is 45.4 Å². The molecular formula is C34H34N2O6. The highest BCUT2D eigenvalue weighted by molar-refractivity contribution is 6.00. The molecule has 8 nitrogen and oxygen atoms in total. The third kappa shape index (κ3) is 5.99. The van der Waals surface area contributed by atoms with Crippen molar-refractivity contribution in [3.8, 4) is 28.0 Å². The second-order valence-corrected chi connectivity index (χ2v) is 10.00. The monoisotopic (exact) mass is 566 g/mol. The van der Waals surface area contributed by atoms with Crippen molar-refractivity contribution in [3.05, 3.63) is 100 Å². The number of anilines is 1. The lowest BCUT2D eigenvalue weighted by molar-refractivity contribution is 0.0518. The van der Waals surface area contributed by atoms with E-state index in [1.54, 1.807) is 14.0 Å². The van der Waals surface area contributed by atoms with Crippen LogP contribution in [0.5, 0.6) is 5.75 Å². The molecule has 0 spiro atoms. The Balaban J connectivity index is 1.53. The van der Waals surface area contributed by atoms with Crippen LogP contribution in [0.25, 0.3) is 22.3 Å². The first-order chi connectivity index (χ1) is 20.4. The van der Waals surface area contributed by atoms with Gasteiger partial charge >= 0.3 is 12.1 Å². The van der Waals surface area contributed by atoms with E-state index in [-0.39, 0.29) is 13.2 Å². The lowest BCUT2D eigenvalue weighted by Gasteiger charge is -2.19. The maximum Gasteiger partial charge on any atom is 0.411 e. The first-order valence-electron chi connectivity index (χ1n) is 13.9. The zero-order valence-electron chi connectivity index (χ0n) is 24.3. The van der Waals surface area contributed by atoms with Crippen LogP contribution in [0.15, 0.2) is 66.7 Å². The van der Waals surface area contributed by atoms with Gasteiger partial charge in [-0.05, 0) is 77.9 Å². The van der Waals surface area contributed by atoms with Crippen molar-refractivity contribution in [2.45, 2.75) is 33.8 Å². The van der Waals surface area contributed by atoms with Gasteiger partial charge in [-0.2, -0.15) is 0 Å². The number of hydrogen-bond acceptors (Lipinski definition) is 7. The molecule has 0 atom stereocenters. The molecule has 1 aliphatic rings. The summed E-state index contributed by atoms with van der Waals surface area (Å²) in [5.74, 6) is 0.292. The van der Waals surface area contributed by atoms with Gasteiger partial charge in [-0.15, -0.1) is 0 Å². The van der Waals surface area contributed by atoms with Crippen molar-refractivity contribution < 1.29 is 28.5 Å². The van der Waals surface area contributed by atoms with Crippen LogP contribution in [0, 0.1) is 13.8 Å². The van der Waals surface area contributed by atoms with E-state index < -0.39 is 12.1 Å². The van der Waals surface area contributed by atoms with Gasteiger partial charge in [0.05, 0.1) is 13.2 Å². The van der Waals surface area contributed by atoms with Gasteiger partial charge in [0.25, 0.3) is 0 Å². The number of rotatable bonds is 10. The van der Waals surface area contributed by atoms with E-state index in [1.165, 1.54) is 0 Å². The molecule has 1 N–H and O–H groups in total. The van der Waals surface area contributed by atoms with Crippen LogP contribution >= 0.6 is 0 Å². The number of nitrogens with zero attached hydrogens (tertiary/aromatic N) is 1. The number of aryl methyl sites for hydroxylation is 1. The van der Waals surface area contributed by atoms with E-state index >= 15 is 0 Å². The molecule has 0 aliphatic heterocycles. The fourth-order valence-corrected chi connectivity index (χ4v) is 5.30. The summed E-state index contributed by atoms with van der Waals surface area (Å²) in [4.78, 5) is 30.5. The maximum atomic E-state index is 13.0. The SMILES string of the molecule is CCOC(=O)c1nc(C)c(-c2cccc(NC(=O)OCc3ccccc3)c2C)c2c1Cc1cc(OCCOC)ccc1-2. The number of fused-ring (bicyclic) bond motifs is 3. The van der Waals surface area contributed by atoms with Gasteiger partial charge < -0.3 is 18.9 Å². The zero-order valence-corrected chi connectivity index (χ0v) is 24.3. The summed E-state index contributed by atoms with van der Waals surface area (Å²) < 4.78 is 21.8. The summed E-state index contributed by atoms with van der Waals surface area (Å²) in [6.45, 7) is 6.99. The van der Waals surface area contributed by atoms with Gasteiger partial charge in [-0.25, -0.2) is 14.6 Å². The van der Waals surface area contributed by atoms with Gasteiger partial charge in [-0.3, -0.25) is 5.32 Å². The number of esters is 1. The molecule has 0 bridgehead atoms. The Morgan fingerprint density at radius 3 is 2.48 bits per heavy atom. The predicted molar refractivity (Wildman–Crippen MR) is 161 cm³/mol. The Labute approximate surface area is 245 Å². The van der Waals surface area contributed by atoms with Crippen molar-refractivity contribution in [3.63, 3.8) is 0 Å². The van der Waals surface area contributed by atoms with Gasteiger partial charge in [-0.1, -0.05) is 48.5 Å². The summed E-state index contributed by atoms with van der Waals surface area (Å²) in [6.07, 6.45) is -0.0215. The van der Waals surface area contributed by atoms with Gasteiger partial charge in [0, 0.05) is 30.5 Å². The van der Waals surface area contributed by atoms with E-state index in [2.05, 4.69) is 5.32 Å². The Morgan fingerprint density at radius 1 is 0.905 bits per heavy atom. The lowest BCUT2D eigenvalue weighted by atomic mass is 9.89. The van der Waals surface area contributed by atoms with Gasteiger partial charge in [0.2, 0.25) is 0 Å². The van der Waals surface area contributed by atoms with Crippen molar-refractivity contribution in [2.24, 2.45) is 0 Å². The molecule has 0 saturated carbocycles. The highest BCUT2D eigenvalue weighted by atomic mass is 16.5. The summed E-state index contributed by atoms with van der Waals surface area (Å²) in [5.41, 5.74) is 9.03. The van der Waals surface area contributed by atoms with E-state index in [4.69, 9.17) is 23.9 Å². The number of benzene rings is 3. The third-order valence-corrected chi connectivity index (χ3v) is 7.27. The molecule has 0 unspecified atom stereocenters. The Morgan fingerprint density at radius 2 is 1.71 bits per heavy atom. The lowest BCUT2D eigenvalue weighted by Crippen LogP contribution is -2.15. The van der Waals surface area contributed by atoms with E-state index in [9.17, 15) is 9.59 Å². The van der Waals surface area contributed by atoms with Crippen LogP contribution in [-0.4, -0.2) is 44.0 Å². The first-order valence-corrected chi connectivity index (χ1v) is 13.9. The van der Waals surface area contributed by atoms with E-state index in [0.717, 1.165) is 50.3 Å². The minimum atomic E-state index is -0.539. The molecule has 5 rings (SSSR count). The third-order valence-electron chi connectivity index (χ3n) is 7.27. The highest BCUT2D eigenvalue weighted by Crippen LogP contribution is 2.47. The van der Waals surface area contributed by atoms with Crippen LogP contribution in [-0.2, 0) is 27.2 Å². The largest absolute Gasteiger partial charge is 0.491 e. The Hall–Kier alpha value is -4.69. The number of carbonyl (C=O) groups excluding carboxylic acids is 2. The molecule has 1 aromatic heterocycles. The standard InChI is InChI=1S/C34H34N2O6/c1-5-40-33(37)32-28-19-24-18-25(41-17-16-39-4)14-15-27(24)31(28)30(22(3)35-32)26-12-9-13-29(21(26)2)36-34(38)42-20-23-10-7-6-8-11-23/h6-15,18H,5,16-17,19-20H2,1-4H3,(H,36,38). The summed E-state index contributed by atoms with van der Waals surface area (Å²) in [7, 11) is 1.64. The topological polar surface area (TPSA) is 96.0 Å². The zero-order chi connectivity index (χ0) is 29.6. The van der Waals surface area contributed by atoms with E-state index in [1.807, 2.05) is 80.6 Å². The summed E-state index contributed by atoms with van der Waals surface area (Å²) in [5, 5.41) is 2.89. The van der Waals surface area contributed by atoms with Crippen LogP contribution in [0.2, 0.25) is 0 Å². The summed E-state index contributed by atoms with van der Waals surface area (Å²) >= 11 is 0. The minimum Gasteiger partial charge on any atom is -0.491 e. The molecule has 1 amide bonds. The number of hydrogen-bond donors (Lipinski definition) is 1. The first kappa shape index (κ1) is 28.8. The van der Waals surface area contributed by atoms with Crippen molar-refractivity contribution >= 4 is 17.7 Å². The number of nitrogens with one attached hydrogen (secondary N) is 1. The number of aromatic nitrogens is 1. The van der Waals surface area contributed by atoms with Crippen LogP contribution < -0.4 is 10.1 Å². The van der Waals surface area contributed by atoms with Crippen molar-refractivity contribution in [1.29, 1.82) is 0 Å². The smallest absolute Gasteiger partial charge is 0.411 e. The molecule has 216 valence electrons. The molecular weight excluding hydrogens is 532 g/mol. The number of ether oxygens (including phenoxy) is 4. The Bertz CT molecular complexity index is 1620. The average molecular weight is 567 g/mol. The fourth-order valence-electron chi connectivity index (χ4n) is 5.30. The van der Waals surface area contributed by atoms with Gasteiger partial charge in [0.15, 0.2) is 5.69 Å². The number of amides is 1. The molecule has 3 aromatic carbocycles. The second-order valence-electron chi connectivity index (χ2n) is 10.00. The van der Waals surface area contributed by atoms with Crippen LogP contribution in [0.4, 0.5) is 10.5 Å². The quantitative estimate of drug-likeness (QED) is 0.145. The second kappa shape index (κ2) is 12.9. The molecule has 1 heterocycles. The van der Waals surface area contributed by atoms with E-state index in [0.29, 0.717) is 36.7 Å². The molecule has 4 aromatic rings. The molecule has 0 saturated heterocycles. The number of methoxy groups -OCH3 is 1. The molecule has 0 radical (unpaired) electrons. The molecule has 42 heavy (non-hydrogen) atoms. The predicted octanol–water partition coefficient (Wildman–Crippen LogP) is 6.89. The molecule has 8 heteroatoms. The Kier molecular flexibility index (Phi) is 8.83. The van der Waals surface area contributed by atoms with Gasteiger partial charge in [0.1, 0.15) is 19.0 Å². The molecule has 1 aliphatic carbocycles. The summed E-state index contributed by atoms with van der Waals surface area (Å²) in [6, 6.07) is 21.2. The fraction of sp³-hybridized carbons (Fsp3) is 0.265. The normalized spacial score (nSPS) is 11.4. The maximum absolute atomic E-state index is 13.0. The van der Waals surface area contributed by atoms with Crippen molar-refractivity contribution in [1.82, 2.24) is 4.98 Å². The molecule has 0 fully saturated rings. The average Bonchev–Trinajstić information content (AvgIpc) is 3.36. The minimum absolute atomic E-state index is 0.172. The van der Waals surface area contributed by atoms with Crippen molar-refractivity contribution in [2.75, 3.05) is 32.2 Å². The number of carbonyl (C=O) groups is 2. The van der Waals surface area contributed by atoms with Crippen LogP contribution in [0.3, 0.4) is 0 Å².